The van der Waals surface area contributed by atoms with E-state index in [0.717, 1.165) is 33.2 Å². The van der Waals surface area contributed by atoms with Gasteiger partial charge < -0.3 is 15.2 Å². The molecule has 4 aromatic rings. The van der Waals surface area contributed by atoms with Crippen molar-refractivity contribution in [1.82, 2.24) is 9.88 Å². The Hall–Kier alpha value is -3.86. The molecule has 5 nitrogen and oxygen atoms in total. The molecule has 0 aliphatic heterocycles. The number of aromatic amines is 1. The summed E-state index contributed by atoms with van der Waals surface area (Å²) in [6.07, 6.45) is 0. The van der Waals surface area contributed by atoms with Crippen molar-refractivity contribution in [3.8, 4) is 0 Å². The zero-order valence-corrected chi connectivity index (χ0v) is 18.6. The maximum atomic E-state index is 13.2. The first-order valence-electron chi connectivity index (χ1n) is 10.7. The molecule has 162 valence electrons. The molecule has 0 bridgehead atoms. The van der Waals surface area contributed by atoms with E-state index >= 15 is 0 Å². The molecule has 5 heteroatoms. The number of nitrogens with zero attached hydrogens (tertiary/aromatic N) is 1. The number of H-pyrrole nitrogens is 1. The van der Waals surface area contributed by atoms with Gasteiger partial charge in [0.15, 0.2) is 0 Å². The predicted molar refractivity (Wildman–Crippen MR) is 130 cm³/mol. The van der Waals surface area contributed by atoms with Crippen LogP contribution in [0, 0.1) is 20.8 Å². The van der Waals surface area contributed by atoms with Crippen LogP contribution in [0.5, 0.6) is 0 Å². The van der Waals surface area contributed by atoms with Gasteiger partial charge >= 0.3 is 6.03 Å². The van der Waals surface area contributed by atoms with Crippen molar-refractivity contribution in [2.24, 2.45) is 0 Å². The van der Waals surface area contributed by atoms with E-state index in [1.54, 1.807) is 4.90 Å². The molecule has 0 fully saturated rings. The highest BCUT2D eigenvalue weighted by Crippen LogP contribution is 2.20. The van der Waals surface area contributed by atoms with Crippen molar-refractivity contribution in [3.05, 3.63) is 111 Å². The number of hydrogen-bond acceptors (Lipinski definition) is 2. The molecule has 32 heavy (non-hydrogen) atoms. The molecule has 0 atom stereocenters. The van der Waals surface area contributed by atoms with Gasteiger partial charge in [-0.05, 0) is 61.0 Å². The van der Waals surface area contributed by atoms with Crippen LogP contribution in [0.2, 0.25) is 0 Å². The Labute approximate surface area is 187 Å². The van der Waals surface area contributed by atoms with Gasteiger partial charge in [0, 0.05) is 17.8 Å². The smallest absolute Gasteiger partial charge is 0.321 e. The number of nitrogens with one attached hydrogen (secondary N) is 2. The maximum absolute atomic E-state index is 13.2. The molecule has 0 aliphatic rings. The lowest BCUT2D eigenvalue weighted by Gasteiger charge is -2.23. The molecule has 1 aromatic heterocycles. The van der Waals surface area contributed by atoms with Gasteiger partial charge in [0.2, 0.25) is 0 Å². The monoisotopic (exact) mass is 425 g/mol. The largest absolute Gasteiger partial charge is 0.322 e. The molecular weight excluding hydrogens is 398 g/mol. The summed E-state index contributed by atoms with van der Waals surface area (Å²) in [5, 5.41) is 3.90. The quantitative estimate of drug-likeness (QED) is 0.432. The minimum Gasteiger partial charge on any atom is -0.321 e. The summed E-state index contributed by atoms with van der Waals surface area (Å²) in [4.78, 5) is 30.7. The van der Waals surface area contributed by atoms with E-state index in [2.05, 4.69) is 10.3 Å². The number of para-hydroxylation sites is 1. The van der Waals surface area contributed by atoms with Gasteiger partial charge in [0.05, 0.1) is 12.1 Å². The van der Waals surface area contributed by atoms with E-state index in [1.807, 2.05) is 93.6 Å². The zero-order valence-electron chi connectivity index (χ0n) is 18.6. The Bertz CT molecular complexity index is 1310. The van der Waals surface area contributed by atoms with Crippen molar-refractivity contribution >= 4 is 22.6 Å². The molecule has 2 amide bonds. The fourth-order valence-electron chi connectivity index (χ4n) is 3.73. The van der Waals surface area contributed by atoms with Crippen molar-refractivity contribution in [2.45, 2.75) is 33.9 Å². The van der Waals surface area contributed by atoms with Crippen LogP contribution >= 0.6 is 0 Å². The molecule has 1 heterocycles. The second-order valence-electron chi connectivity index (χ2n) is 8.23. The van der Waals surface area contributed by atoms with Crippen LogP contribution in [0.25, 0.3) is 10.9 Å². The third kappa shape index (κ3) is 4.72. The highest BCUT2D eigenvalue weighted by Gasteiger charge is 2.17. The summed E-state index contributed by atoms with van der Waals surface area (Å²) in [7, 11) is 0. The molecular formula is C27H27N3O2. The number of urea groups is 1. The Morgan fingerprint density at radius 2 is 1.62 bits per heavy atom. The van der Waals surface area contributed by atoms with Gasteiger partial charge in [-0.2, -0.15) is 0 Å². The molecule has 3 aromatic carbocycles. The lowest BCUT2D eigenvalue weighted by molar-refractivity contribution is 0.206. The number of anilines is 1. The number of benzene rings is 3. The van der Waals surface area contributed by atoms with E-state index in [0.29, 0.717) is 17.8 Å². The van der Waals surface area contributed by atoms with Crippen LogP contribution in [0.15, 0.2) is 77.6 Å². The summed E-state index contributed by atoms with van der Waals surface area (Å²) in [6, 6.07) is 23.1. The van der Waals surface area contributed by atoms with E-state index in [1.165, 1.54) is 0 Å². The van der Waals surface area contributed by atoms with Crippen LogP contribution < -0.4 is 10.9 Å². The summed E-state index contributed by atoms with van der Waals surface area (Å²) >= 11 is 0. The number of aromatic nitrogens is 1. The average molecular weight is 426 g/mol. The van der Waals surface area contributed by atoms with Gasteiger partial charge in [-0.3, -0.25) is 4.79 Å². The third-order valence-electron chi connectivity index (χ3n) is 5.80. The lowest BCUT2D eigenvalue weighted by atomic mass is 10.0. The van der Waals surface area contributed by atoms with E-state index in [9.17, 15) is 9.59 Å². The second-order valence-corrected chi connectivity index (χ2v) is 8.23. The number of carbonyl (C=O) groups excluding carboxylic acids is 1. The average Bonchev–Trinajstić information content (AvgIpc) is 2.79. The summed E-state index contributed by atoms with van der Waals surface area (Å²) in [5.74, 6) is 0. The van der Waals surface area contributed by atoms with Crippen LogP contribution in [-0.2, 0) is 13.1 Å². The Balaban J connectivity index is 1.67. The Morgan fingerprint density at radius 1 is 0.906 bits per heavy atom. The van der Waals surface area contributed by atoms with E-state index < -0.39 is 0 Å². The summed E-state index contributed by atoms with van der Waals surface area (Å²) in [5.41, 5.74) is 6.29. The number of amides is 2. The number of aryl methyl sites for hydroxylation is 3. The number of pyridine rings is 1. The SMILES string of the molecule is Cc1ccc(CN(Cc2cc3ccc(C)c(C)c3[nH]c2=O)C(=O)Nc2ccccc2)cc1. The van der Waals surface area contributed by atoms with Crippen LogP contribution in [-0.4, -0.2) is 15.9 Å². The van der Waals surface area contributed by atoms with Crippen molar-refractivity contribution in [1.29, 1.82) is 0 Å². The van der Waals surface area contributed by atoms with Crippen molar-refractivity contribution < 1.29 is 4.79 Å². The topological polar surface area (TPSA) is 65.2 Å². The van der Waals surface area contributed by atoms with E-state index in [4.69, 9.17) is 0 Å². The molecule has 0 aliphatic carbocycles. The third-order valence-corrected chi connectivity index (χ3v) is 5.80. The number of fused-ring (bicyclic) bond motifs is 1. The fraction of sp³-hybridized carbons (Fsp3) is 0.185. The first-order valence-corrected chi connectivity index (χ1v) is 10.7. The molecule has 0 radical (unpaired) electrons. The van der Waals surface area contributed by atoms with Crippen LogP contribution in [0.3, 0.4) is 0 Å². The Morgan fingerprint density at radius 3 is 2.34 bits per heavy atom. The molecule has 0 unspecified atom stereocenters. The lowest BCUT2D eigenvalue weighted by Crippen LogP contribution is -2.35. The first kappa shape index (κ1) is 21.4. The van der Waals surface area contributed by atoms with E-state index in [-0.39, 0.29) is 18.1 Å². The number of hydrogen-bond donors (Lipinski definition) is 2. The van der Waals surface area contributed by atoms with Gasteiger partial charge in [-0.15, -0.1) is 0 Å². The minimum atomic E-state index is -0.253. The molecule has 0 saturated carbocycles. The standard InChI is InChI=1S/C27H27N3O2/c1-18-9-12-21(13-10-18)16-30(27(32)28-24-7-5-4-6-8-24)17-23-15-22-14-11-19(2)20(3)25(22)29-26(23)31/h4-15H,16-17H2,1-3H3,(H,28,32)(H,29,31). The number of carbonyl (C=O) groups is 1. The zero-order chi connectivity index (χ0) is 22.7. The van der Waals surface area contributed by atoms with Crippen LogP contribution in [0.4, 0.5) is 10.5 Å². The predicted octanol–water partition coefficient (Wildman–Crippen LogP) is 5.69. The van der Waals surface area contributed by atoms with Crippen molar-refractivity contribution in [3.63, 3.8) is 0 Å². The van der Waals surface area contributed by atoms with Gasteiger partial charge in [0.25, 0.3) is 5.56 Å². The highest BCUT2D eigenvalue weighted by atomic mass is 16.2. The number of rotatable bonds is 5. The minimum absolute atomic E-state index is 0.174. The Kier molecular flexibility index (Phi) is 6.08. The summed E-state index contributed by atoms with van der Waals surface area (Å²) in [6.45, 7) is 6.65. The van der Waals surface area contributed by atoms with Crippen LogP contribution in [0.1, 0.15) is 27.8 Å². The summed E-state index contributed by atoms with van der Waals surface area (Å²) < 4.78 is 0. The second kappa shape index (κ2) is 9.10. The highest BCUT2D eigenvalue weighted by molar-refractivity contribution is 5.89. The van der Waals surface area contributed by atoms with Gasteiger partial charge in [-0.25, -0.2) is 4.79 Å². The molecule has 0 saturated heterocycles. The molecule has 4 rings (SSSR count). The normalized spacial score (nSPS) is 10.8. The maximum Gasteiger partial charge on any atom is 0.322 e. The molecule has 2 N–H and O–H groups in total. The first-order chi connectivity index (χ1) is 15.4. The molecule has 0 spiro atoms. The van der Waals surface area contributed by atoms with Gasteiger partial charge in [0.1, 0.15) is 0 Å². The fourth-order valence-corrected chi connectivity index (χ4v) is 3.73. The van der Waals surface area contributed by atoms with Gasteiger partial charge in [-0.1, -0.05) is 60.2 Å². The van der Waals surface area contributed by atoms with Crippen molar-refractivity contribution in [2.75, 3.05) is 5.32 Å².